The van der Waals surface area contributed by atoms with Crippen LogP contribution < -0.4 is 11.3 Å². The van der Waals surface area contributed by atoms with Gasteiger partial charge in [0.15, 0.2) is 16.9 Å². The maximum atomic E-state index is 12.3. The number of nitrogen functional groups attached to an aromatic ring is 1. The van der Waals surface area contributed by atoms with Gasteiger partial charge in [-0.1, -0.05) is 103 Å². The number of fused-ring (bicyclic) bond motifs is 1. The van der Waals surface area contributed by atoms with Crippen LogP contribution in [0.4, 0.5) is 5.95 Å². The number of anilines is 1. The molecule has 5 atom stereocenters. The summed E-state index contributed by atoms with van der Waals surface area (Å²) in [5.41, 5.74) is 2.68. The monoisotopic (exact) mass is 609 g/mol. The van der Waals surface area contributed by atoms with Crippen molar-refractivity contribution in [2.75, 3.05) is 25.6 Å². The number of nitrogens with one attached hydrogen (secondary N) is 1. The van der Waals surface area contributed by atoms with Crippen molar-refractivity contribution in [3.8, 4) is 0 Å². The standard InChI is InChI=1S/C31H55N5O7/c1-2-3-4-5-6-7-8-9-10-11-12-13-14-15-16-17-19-42-20-18-24-31(41,27(39)26(38)23(21-37)43-24)36-22-33-25-28(36)34-30(32)35-29(25)40/h22-24,26-27,37-39,41H,2-21H2,1H3,(H3,32,34,35,40)/t23-,24?,26+,27+,31+/m1/s1. The molecule has 7 N–H and O–H groups in total. The Morgan fingerprint density at radius 1 is 0.953 bits per heavy atom. The number of aliphatic hydroxyl groups is 4. The molecule has 0 saturated carbocycles. The summed E-state index contributed by atoms with van der Waals surface area (Å²) in [6.45, 7) is 2.48. The van der Waals surface area contributed by atoms with Gasteiger partial charge in [0.25, 0.3) is 5.56 Å². The summed E-state index contributed by atoms with van der Waals surface area (Å²) in [5.74, 6) is -0.193. The zero-order valence-corrected chi connectivity index (χ0v) is 26.0. The lowest BCUT2D eigenvalue weighted by Gasteiger charge is -2.48. The Kier molecular flexibility index (Phi) is 15.4. The van der Waals surface area contributed by atoms with E-state index in [0.717, 1.165) is 23.7 Å². The number of H-pyrrole nitrogens is 1. The molecule has 246 valence electrons. The van der Waals surface area contributed by atoms with Crippen LogP contribution in [0.5, 0.6) is 0 Å². The fourth-order valence-corrected chi connectivity index (χ4v) is 6.00. The molecule has 1 fully saturated rings. The van der Waals surface area contributed by atoms with Crippen LogP contribution in [0.3, 0.4) is 0 Å². The summed E-state index contributed by atoms with van der Waals surface area (Å²) in [6, 6.07) is 0. The molecule has 1 unspecified atom stereocenters. The van der Waals surface area contributed by atoms with Crippen LogP contribution in [0.15, 0.2) is 11.1 Å². The second kappa shape index (κ2) is 18.7. The van der Waals surface area contributed by atoms with Crippen LogP contribution >= 0.6 is 0 Å². The van der Waals surface area contributed by atoms with Gasteiger partial charge in [-0.3, -0.25) is 14.3 Å². The van der Waals surface area contributed by atoms with E-state index in [4.69, 9.17) is 15.2 Å². The minimum absolute atomic E-state index is 0.0693. The van der Waals surface area contributed by atoms with Crippen LogP contribution in [-0.4, -0.2) is 84.2 Å². The molecule has 12 nitrogen and oxygen atoms in total. The number of aromatic nitrogens is 4. The van der Waals surface area contributed by atoms with Crippen molar-refractivity contribution in [1.29, 1.82) is 0 Å². The Morgan fingerprint density at radius 3 is 2.07 bits per heavy atom. The minimum atomic E-state index is -2.25. The van der Waals surface area contributed by atoms with Crippen molar-refractivity contribution in [1.82, 2.24) is 19.5 Å². The third-order valence-electron chi connectivity index (χ3n) is 8.61. The lowest BCUT2D eigenvalue weighted by Crippen LogP contribution is -2.67. The number of imidazole rings is 1. The Hall–Kier alpha value is -2.09. The fourth-order valence-electron chi connectivity index (χ4n) is 6.00. The van der Waals surface area contributed by atoms with E-state index in [1.165, 1.54) is 89.9 Å². The first kappa shape index (κ1) is 35.4. The zero-order chi connectivity index (χ0) is 31.1. The summed E-state index contributed by atoms with van der Waals surface area (Å²) in [7, 11) is 0. The highest BCUT2D eigenvalue weighted by Gasteiger charge is 2.56. The smallest absolute Gasteiger partial charge is 0.280 e. The van der Waals surface area contributed by atoms with Crippen molar-refractivity contribution in [2.24, 2.45) is 0 Å². The molecule has 0 radical (unpaired) electrons. The van der Waals surface area contributed by atoms with Gasteiger partial charge < -0.3 is 35.6 Å². The number of nitrogens with zero attached hydrogens (tertiary/aromatic N) is 3. The molecule has 0 aromatic carbocycles. The molecule has 2 aromatic heterocycles. The predicted molar refractivity (Wildman–Crippen MR) is 165 cm³/mol. The Balaban J connectivity index is 1.34. The number of hydrogen-bond donors (Lipinski definition) is 6. The van der Waals surface area contributed by atoms with Crippen LogP contribution in [0, 0.1) is 0 Å². The highest BCUT2D eigenvalue weighted by atomic mass is 16.6. The second-order valence-corrected chi connectivity index (χ2v) is 12.0. The SMILES string of the molecule is CCCCCCCCCCCCCCCCCCOCCC1O[C@H](CO)[C@H](O)[C@H](O)[C@]1(O)n1cnc2c(=O)[nH]c(N)nc21. The first-order valence-electron chi connectivity index (χ1n) is 16.5. The molecule has 1 aliphatic heterocycles. The number of nitrogens with two attached hydrogens (primary N) is 1. The van der Waals surface area contributed by atoms with Gasteiger partial charge in [-0.15, -0.1) is 0 Å². The summed E-state index contributed by atoms with van der Waals surface area (Å²) in [4.78, 5) is 22.7. The van der Waals surface area contributed by atoms with Gasteiger partial charge in [0.05, 0.1) is 12.9 Å². The van der Waals surface area contributed by atoms with Gasteiger partial charge in [0.1, 0.15) is 24.4 Å². The molecule has 3 rings (SSSR count). The summed E-state index contributed by atoms with van der Waals surface area (Å²) in [6.07, 6.45) is 16.5. The first-order valence-corrected chi connectivity index (χ1v) is 16.5. The van der Waals surface area contributed by atoms with Gasteiger partial charge in [-0.25, -0.2) is 4.98 Å². The average molecular weight is 610 g/mol. The fraction of sp³-hybridized carbons (Fsp3) is 0.839. The maximum absolute atomic E-state index is 12.3. The summed E-state index contributed by atoms with van der Waals surface area (Å²) in [5, 5.41) is 42.9. The van der Waals surface area contributed by atoms with Gasteiger partial charge in [-0.2, -0.15) is 4.98 Å². The number of unbranched alkanes of at least 4 members (excludes halogenated alkanes) is 15. The van der Waals surface area contributed by atoms with Crippen LogP contribution in [0.1, 0.15) is 116 Å². The number of aliphatic hydroxyl groups excluding tert-OH is 3. The van der Waals surface area contributed by atoms with Crippen LogP contribution in [0.25, 0.3) is 11.2 Å². The predicted octanol–water partition coefficient (Wildman–Crippen LogP) is 3.50. The minimum Gasteiger partial charge on any atom is -0.394 e. The molecule has 1 saturated heterocycles. The molecule has 43 heavy (non-hydrogen) atoms. The Labute approximate surface area is 255 Å². The maximum Gasteiger partial charge on any atom is 0.280 e. The number of rotatable bonds is 22. The number of hydrogen-bond acceptors (Lipinski definition) is 10. The van der Waals surface area contributed by atoms with Crippen molar-refractivity contribution in [3.05, 3.63) is 16.7 Å². The normalized spacial score (nSPS) is 24.2. The summed E-state index contributed by atoms with van der Waals surface area (Å²) < 4.78 is 12.7. The van der Waals surface area contributed by atoms with E-state index in [9.17, 15) is 25.2 Å². The summed E-state index contributed by atoms with van der Waals surface area (Å²) >= 11 is 0. The van der Waals surface area contributed by atoms with Crippen molar-refractivity contribution in [2.45, 2.75) is 146 Å². The molecule has 0 bridgehead atoms. The largest absolute Gasteiger partial charge is 0.394 e. The van der Waals surface area contributed by atoms with E-state index in [0.29, 0.717) is 6.61 Å². The van der Waals surface area contributed by atoms with E-state index < -0.39 is 42.3 Å². The van der Waals surface area contributed by atoms with Gasteiger partial charge in [-0.05, 0) is 6.42 Å². The van der Waals surface area contributed by atoms with Gasteiger partial charge in [0.2, 0.25) is 5.95 Å². The average Bonchev–Trinajstić information content (AvgIpc) is 3.43. The van der Waals surface area contributed by atoms with E-state index >= 15 is 0 Å². The topological polar surface area (TPSA) is 189 Å². The molecule has 3 heterocycles. The third-order valence-corrected chi connectivity index (χ3v) is 8.61. The second-order valence-electron chi connectivity index (χ2n) is 12.0. The van der Waals surface area contributed by atoms with E-state index in [-0.39, 0.29) is 30.1 Å². The van der Waals surface area contributed by atoms with Crippen molar-refractivity contribution in [3.63, 3.8) is 0 Å². The number of ether oxygens (including phenoxy) is 2. The van der Waals surface area contributed by atoms with Crippen molar-refractivity contribution < 1.29 is 29.9 Å². The lowest BCUT2D eigenvalue weighted by atomic mass is 9.87. The zero-order valence-electron chi connectivity index (χ0n) is 26.0. The Bertz CT molecular complexity index is 1110. The molecule has 2 aromatic rings. The van der Waals surface area contributed by atoms with Crippen molar-refractivity contribution >= 4 is 17.1 Å². The third kappa shape index (κ3) is 9.95. The lowest BCUT2D eigenvalue weighted by molar-refractivity contribution is -0.308. The Morgan fingerprint density at radius 2 is 1.51 bits per heavy atom. The molecule has 1 aliphatic rings. The molecular weight excluding hydrogens is 554 g/mol. The molecule has 0 aliphatic carbocycles. The van der Waals surface area contributed by atoms with Crippen LogP contribution in [0.2, 0.25) is 0 Å². The highest BCUT2D eigenvalue weighted by molar-refractivity contribution is 5.70. The molecule has 12 heteroatoms. The molecular formula is C31H55N5O7. The van der Waals surface area contributed by atoms with Crippen LogP contribution in [-0.2, 0) is 15.2 Å². The van der Waals surface area contributed by atoms with Gasteiger partial charge in [0, 0.05) is 19.6 Å². The number of aromatic amines is 1. The molecule has 0 amide bonds. The van der Waals surface area contributed by atoms with E-state index in [1.54, 1.807) is 0 Å². The molecule has 0 spiro atoms. The highest BCUT2D eigenvalue weighted by Crippen LogP contribution is 2.37. The van der Waals surface area contributed by atoms with E-state index in [1.807, 2.05) is 0 Å². The quantitative estimate of drug-likeness (QED) is 0.108. The van der Waals surface area contributed by atoms with E-state index in [2.05, 4.69) is 21.9 Å². The first-order chi connectivity index (χ1) is 20.8. The van der Waals surface area contributed by atoms with Gasteiger partial charge >= 0.3 is 0 Å².